The summed E-state index contributed by atoms with van der Waals surface area (Å²) >= 11 is 0. The van der Waals surface area contributed by atoms with Gasteiger partial charge in [0.05, 0.1) is 6.61 Å². The molecule has 1 aromatic carbocycles. The summed E-state index contributed by atoms with van der Waals surface area (Å²) in [7, 11) is 0. The van der Waals surface area contributed by atoms with Gasteiger partial charge in [-0.2, -0.15) is 0 Å². The van der Waals surface area contributed by atoms with Crippen LogP contribution >= 0.6 is 0 Å². The van der Waals surface area contributed by atoms with Crippen molar-refractivity contribution in [3.05, 3.63) is 48.6 Å². The third-order valence-electron chi connectivity index (χ3n) is 2.62. The van der Waals surface area contributed by atoms with Crippen LogP contribution in [0.5, 0.6) is 0 Å². The van der Waals surface area contributed by atoms with E-state index < -0.39 is 5.97 Å². The minimum Gasteiger partial charge on any atom is -0.481 e. The number of hydrogen-bond donors (Lipinski definition) is 3. The van der Waals surface area contributed by atoms with E-state index >= 15 is 0 Å². The third-order valence-corrected chi connectivity index (χ3v) is 2.62. The molecule has 4 heteroatoms. The number of aliphatic hydroxyl groups is 1. The SMILES string of the molecule is C=CCCCCC(=O)O.N[C@H](CO)Cc1ccccc1. The Morgan fingerprint density at radius 2 is 1.95 bits per heavy atom. The Balaban J connectivity index is 0.000000370. The molecule has 0 aliphatic carbocycles. The number of unbranched alkanes of at least 4 members (excludes halogenated alkanes) is 2. The van der Waals surface area contributed by atoms with Gasteiger partial charge in [0.1, 0.15) is 0 Å². The van der Waals surface area contributed by atoms with Gasteiger partial charge >= 0.3 is 5.97 Å². The number of carbonyl (C=O) groups is 1. The van der Waals surface area contributed by atoms with Crippen LogP contribution in [0.4, 0.5) is 0 Å². The normalized spacial score (nSPS) is 11.1. The lowest BCUT2D eigenvalue weighted by Crippen LogP contribution is -2.26. The maximum absolute atomic E-state index is 9.94. The number of carboxylic acid groups (broad SMARTS) is 1. The van der Waals surface area contributed by atoms with E-state index in [0.717, 1.165) is 25.7 Å². The summed E-state index contributed by atoms with van der Waals surface area (Å²) < 4.78 is 0. The minimum absolute atomic E-state index is 0.0505. The van der Waals surface area contributed by atoms with Crippen molar-refractivity contribution in [1.82, 2.24) is 0 Å². The van der Waals surface area contributed by atoms with E-state index in [9.17, 15) is 4.79 Å². The zero-order valence-electron chi connectivity index (χ0n) is 11.9. The fourth-order valence-corrected chi connectivity index (χ4v) is 1.55. The fourth-order valence-electron chi connectivity index (χ4n) is 1.55. The summed E-state index contributed by atoms with van der Waals surface area (Å²) in [6, 6.07) is 9.80. The molecule has 1 atom stereocenters. The van der Waals surface area contributed by atoms with Crippen LogP contribution in [0.1, 0.15) is 31.2 Å². The molecular weight excluding hydrogens is 254 g/mol. The first-order chi connectivity index (χ1) is 9.60. The molecule has 0 heterocycles. The van der Waals surface area contributed by atoms with Crippen molar-refractivity contribution >= 4 is 5.97 Å². The van der Waals surface area contributed by atoms with Crippen LogP contribution in [0, 0.1) is 0 Å². The second kappa shape index (κ2) is 12.4. The molecular formula is C16H25NO3. The Labute approximate surface area is 120 Å². The second-order valence-electron chi connectivity index (χ2n) is 4.56. The zero-order chi connectivity index (χ0) is 15.2. The van der Waals surface area contributed by atoms with Crippen LogP contribution in [-0.2, 0) is 11.2 Å². The lowest BCUT2D eigenvalue weighted by atomic mass is 10.1. The first-order valence-corrected chi connectivity index (χ1v) is 6.83. The zero-order valence-corrected chi connectivity index (χ0v) is 11.9. The molecule has 0 fully saturated rings. The van der Waals surface area contributed by atoms with Gasteiger partial charge < -0.3 is 15.9 Å². The van der Waals surface area contributed by atoms with E-state index in [1.54, 1.807) is 0 Å². The van der Waals surface area contributed by atoms with Gasteiger partial charge in [-0.1, -0.05) is 36.4 Å². The third kappa shape index (κ3) is 11.4. The van der Waals surface area contributed by atoms with E-state index in [0.29, 0.717) is 0 Å². The standard InChI is InChI=1S/C9H13NO.C7H12O2/c10-9(7-11)6-8-4-2-1-3-5-8;1-2-3-4-5-6-7(8)9/h1-5,9,11H,6-7,10H2;2H,1,3-6H2,(H,8,9)/t9-;/m0./s1. The van der Waals surface area contributed by atoms with Gasteiger partial charge in [0.25, 0.3) is 0 Å². The summed E-state index contributed by atoms with van der Waals surface area (Å²) in [4.78, 5) is 9.94. The quantitative estimate of drug-likeness (QED) is 0.504. The highest BCUT2D eigenvalue weighted by Crippen LogP contribution is 2.00. The van der Waals surface area contributed by atoms with Crippen LogP contribution in [0.25, 0.3) is 0 Å². The smallest absolute Gasteiger partial charge is 0.303 e. The molecule has 0 amide bonds. The Morgan fingerprint density at radius 3 is 2.45 bits per heavy atom. The molecule has 4 nitrogen and oxygen atoms in total. The fraction of sp³-hybridized carbons (Fsp3) is 0.438. The van der Waals surface area contributed by atoms with Crippen molar-refractivity contribution in [2.24, 2.45) is 5.73 Å². The monoisotopic (exact) mass is 279 g/mol. The van der Waals surface area contributed by atoms with Gasteiger partial charge in [-0.3, -0.25) is 4.79 Å². The predicted octanol–water partition coefficient (Wildman–Crippen LogP) is 2.37. The van der Waals surface area contributed by atoms with Crippen LogP contribution in [-0.4, -0.2) is 28.8 Å². The first kappa shape index (κ1) is 18.4. The van der Waals surface area contributed by atoms with Crippen molar-refractivity contribution in [2.75, 3.05) is 6.61 Å². The molecule has 0 bridgehead atoms. The van der Waals surface area contributed by atoms with Crippen LogP contribution in [0.2, 0.25) is 0 Å². The summed E-state index contributed by atoms with van der Waals surface area (Å²) in [5, 5.41) is 16.9. The van der Waals surface area contributed by atoms with Crippen molar-refractivity contribution in [3.63, 3.8) is 0 Å². The lowest BCUT2D eigenvalue weighted by molar-refractivity contribution is -0.137. The minimum atomic E-state index is -0.709. The molecule has 0 aliphatic heterocycles. The number of rotatable bonds is 8. The van der Waals surface area contributed by atoms with Gasteiger partial charge in [0.15, 0.2) is 0 Å². The molecule has 4 N–H and O–H groups in total. The second-order valence-corrected chi connectivity index (χ2v) is 4.56. The molecule has 112 valence electrons. The molecule has 20 heavy (non-hydrogen) atoms. The van der Waals surface area contributed by atoms with Gasteiger partial charge in [0, 0.05) is 12.5 Å². The highest BCUT2D eigenvalue weighted by molar-refractivity contribution is 5.66. The molecule has 1 aromatic rings. The summed E-state index contributed by atoms with van der Waals surface area (Å²) in [6.07, 6.45) is 5.47. The summed E-state index contributed by atoms with van der Waals surface area (Å²) in [6.45, 7) is 3.58. The van der Waals surface area contributed by atoms with Crippen molar-refractivity contribution in [2.45, 2.75) is 38.1 Å². The molecule has 0 saturated heterocycles. The number of hydrogen-bond acceptors (Lipinski definition) is 3. The topological polar surface area (TPSA) is 83.5 Å². The molecule has 0 aliphatic rings. The highest BCUT2D eigenvalue weighted by atomic mass is 16.4. The Morgan fingerprint density at radius 1 is 1.30 bits per heavy atom. The number of aliphatic hydroxyl groups excluding tert-OH is 1. The maximum atomic E-state index is 9.94. The van der Waals surface area contributed by atoms with E-state index in [-0.39, 0.29) is 19.1 Å². The number of carboxylic acids is 1. The predicted molar refractivity (Wildman–Crippen MR) is 81.5 cm³/mol. The van der Waals surface area contributed by atoms with E-state index in [2.05, 4.69) is 6.58 Å². The Bertz CT molecular complexity index is 365. The van der Waals surface area contributed by atoms with Crippen LogP contribution < -0.4 is 5.73 Å². The summed E-state index contributed by atoms with van der Waals surface area (Å²) in [5.74, 6) is -0.709. The van der Waals surface area contributed by atoms with Gasteiger partial charge in [-0.25, -0.2) is 0 Å². The Kier molecular flexibility index (Phi) is 11.4. The van der Waals surface area contributed by atoms with E-state index in [4.69, 9.17) is 15.9 Å². The lowest BCUT2D eigenvalue weighted by Gasteiger charge is -2.06. The van der Waals surface area contributed by atoms with Crippen LogP contribution in [0.3, 0.4) is 0 Å². The maximum Gasteiger partial charge on any atom is 0.303 e. The molecule has 0 saturated carbocycles. The number of allylic oxidation sites excluding steroid dienone is 1. The largest absolute Gasteiger partial charge is 0.481 e. The van der Waals surface area contributed by atoms with E-state index in [1.807, 2.05) is 36.4 Å². The van der Waals surface area contributed by atoms with Gasteiger partial charge in [-0.15, -0.1) is 6.58 Å². The van der Waals surface area contributed by atoms with Crippen molar-refractivity contribution in [1.29, 1.82) is 0 Å². The van der Waals surface area contributed by atoms with Crippen molar-refractivity contribution in [3.8, 4) is 0 Å². The molecule has 1 rings (SSSR count). The molecule has 0 radical (unpaired) electrons. The number of benzene rings is 1. The summed E-state index contributed by atoms with van der Waals surface area (Å²) in [5.41, 5.74) is 6.73. The van der Waals surface area contributed by atoms with E-state index in [1.165, 1.54) is 5.56 Å². The number of nitrogens with two attached hydrogens (primary N) is 1. The molecule has 0 aromatic heterocycles. The van der Waals surface area contributed by atoms with Crippen LogP contribution in [0.15, 0.2) is 43.0 Å². The Hall–Kier alpha value is -1.65. The average molecular weight is 279 g/mol. The molecule has 0 spiro atoms. The van der Waals surface area contributed by atoms with Gasteiger partial charge in [0.2, 0.25) is 0 Å². The highest BCUT2D eigenvalue weighted by Gasteiger charge is 2.00. The number of aliphatic carboxylic acids is 1. The average Bonchev–Trinajstić information content (AvgIpc) is 2.45. The van der Waals surface area contributed by atoms with Gasteiger partial charge in [-0.05, 0) is 31.2 Å². The molecule has 0 unspecified atom stereocenters. The van der Waals surface area contributed by atoms with Crippen molar-refractivity contribution < 1.29 is 15.0 Å². The first-order valence-electron chi connectivity index (χ1n) is 6.83.